The lowest BCUT2D eigenvalue weighted by Gasteiger charge is -2.18. The number of nitrogens with zero attached hydrogens (tertiary/aromatic N) is 2. The van der Waals surface area contributed by atoms with Gasteiger partial charge in [0.15, 0.2) is 0 Å². The van der Waals surface area contributed by atoms with Crippen LogP contribution in [0.4, 0.5) is 11.6 Å². The molecule has 0 spiro atoms. The highest BCUT2D eigenvalue weighted by Gasteiger charge is 2.23. The van der Waals surface area contributed by atoms with Gasteiger partial charge in [0.25, 0.3) is 0 Å². The Kier molecular flexibility index (Phi) is 4.62. The van der Waals surface area contributed by atoms with Gasteiger partial charge < -0.3 is 16.1 Å². The van der Waals surface area contributed by atoms with Crippen molar-refractivity contribution in [3.05, 3.63) is 11.9 Å². The predicted molar refractivity (Wildman–Crippen MR) is 82.8 cm³/mol. The molecule has 116 valence electrons. The van der Waals surface area contributed by atoms with E-state index in [0.29, 0.717) is 36.5 Å². The number of nitrogens with one attached hydrogen (secondary N) is 3. The van der Waals surface area contributed by atoms with Crippen molar-refractivity contribution >= 4 is 17.5 Å². The van der Waals surface area contributed by atoms with Crippen molar-refractivity contribution < 1.29 is 4.79 Å². The normalized spacial score (nSPS) is 14.7. The van der Waals surface area contributed by atoms with E-state index in [1.54, 1.807) is 6.07 Å². The van der Waals surface area contributed by atoms with Crippen molar-refractivity contribution in [3.8, 4) is 0 Å². The maximum Gasteiger partial charge on any atom is 0.221 e. The Hall–Kier alpha value is -1.89. The molecule has 0 atom stereocenters. The van der Waals surface area contributed by atoms with Gasteiger partial charge >= 0.3 is 0 Å². The van der Waals surface area contributed by atoms with Crippen LogP contribution < -0.4 is 21.9 Å². The molecule has 0 unspecified atom stereocenters. The fourth-order valence-electron chi connectivity index (χ4n) is 1.78. The first-order valence-corrected chi connectivity index (χ1v) is 7.28. The van der Waals surface area contributed by atoms with Crippen LogP contribution in [0, 0.1) is 0 Å². The zero-order chi connectivity index (χ0) is 15.5. The van der Waals surface area contributed by atoms with Crippen LogP contribution in [-0.2, 0) is 10.2 Å². The minimum atomic E-state index is -0.174. The van der Waals surface area contributed by atoms with Crippen molar-refractivity contribution in [3.63, 3.8) is 0 Å². The van der Waals surface area contributed by atoms with Gasteiger partial charge in [-0.05, 0) is 12.8 Å². The molecule has 0 aromatic carbocycles. The number of amides is 1. The number of nitrogens with two attached hydrogens (primary N) is 1. The van der Waals surface area contributed by atoms with Gasteiger partial charge in [-0.2, -0.15) is 0 Å². The molecule has 0 aliphatic heterocycles. The fourth-order valence-corrected chi connectivity index (χ4v) is 1.78. The highest BCUT2D eigenvalue weighted by Crippen LogP contribution is 2.22. The molecule has 5 N–H and O–H groups in total. The Morgan fingerprint density at radius 1 is 1.33 bits per heavy atom. The van der Waals surface area contributed by atoms with E-state index in [-0.39, 0.29) is 11.3 Å². The highest BCUT2D eigenvalue weighted by molar-refractivity contribution is 5.77. The number of aromatic nitrogens is 2. The Labute approximate surface area is 125 Å². The van der Waals surface area contributed by atoms with Crippen molar-refractivity contribution in [2.24, 2.45) is 5.84 Å². The lowest BCUT2D eigenvalue weighted by molar-refractivity contribution is -0.120. The van der Waals surface area contributed by atoms with Gasteiger partial charge in [-0.15, -0.1) is 0 Å². The summed E-state index contributed by atoms with van der Waals surface area (Å²) < 4.78 is 0. The maximum absolute atomic E-state index is 11.6. The maximum atomic E-state index is 11.6. The first kappa shape index (κ1) is 15.5. The van der Waals surface area contributed by atoms with Crippen molar-refractivity contribution in [2.45, 2.75) is 51.5 Å². The first-order chi connectivity index (χ1) is 9.88. The summed E-state index contributed by atoms with van der Waals surface area (Å²) in [6, 6.07) is 2.13. The molecule has 0 bridgehead atoms. The van der Waals surface area contributed by atoms with E-state index in [4.69, 9.17) is 5.84 Å². The number of rotatable bonds is 6. The third kappa shape index (κ3) is 4.86. The van der Waals surface area contributed by atoms with Crippen molar-refractivity contribution in [2.75, 3.05) is 17.3 Å². The molecule has 0 radical (unpaired) electrons. The van der Waals surface area contributed by atoms with Crippen LogP contribution in [0.3, 0.4) is 0 Å². The first-order valence-electron chi connectivity index (χ1n) is 7.28. The van der Waals surface area contributed by atoms with Gasteiger partial charge in [-0.1, -0.05) is 20.8 Å². The van der Waals surface area contributed by atoms with Crippen molar-refractivity contribution in [1.82, 2.24) is 15.3 Å². The average Bonchev–Trinajstić information content (AvgIpc) is 3.21. The fraction of sp³-hybridized carbons (Fsp3) is 0.643. The van der Waals surface area contributed by atoms with E-state index in [0.717, 1.165) is 12.8 Å². The molecule has 1 aliphatic rings. The van der Waals surface area contributed by atoms with E-state index in [1.807, 2.05) is 20.8 Å². The van der Waals surface area contributed by atoms with Gasteiger partial charge in [-0.25, -0.2) is 15.8 Å². The van der Waals surface area contributed by atoms with E-state index in [1.165, 1.54) is 0 Å². The van der Waals surface area contributed by atoms with Crippen LogP contribution in [0.2, 0.25) is 0 Å². The molecule has 1 aromatic heterocycles. The van der Waals surface area contributed by atoms with E-state index in [2.05, 4.69) is 26.0 Å². The van der Waals surface area contributed by atoms with Crippen LogP contribution >= 0.6 is 0 Å². The minimum absolute atomic E-state index is 0.0762. The zero-order valence-corrected chi connectivity index (χ0v) is 12.9. The molecule has 7 nitrogen and oxygen atoms in total. The van der Waals surface area contributed by atoms with Crippen LogP contribution in [0.1, 0.15) is 45.9 Å². The molecular weight excluding hydrogens is 268 g/mol. The third-order valence-electron chi connectivity index (χ3n) is 3.15. The number of nitrogen functional groups attached to an aromatic ring is 1. The summed E-state index contributed by atoms with van der Waals surface area (Å²) >= 11 is 0. The van der Waals surface area contributed by atoms with E-state index in [9.17, 15) is 4.79 Å². The summed E-state index contributed by atoms with van der Waals surface area (Å²) in [7, 11) is 0. The van der Waals surface area contributed by atoms with Crippen LogP contribution in [0.25, 0.3) is 0 Å². The number of carbonyl (C=O) groups excluding carboxylic acids is 1. The molecule has 1 aliphatic carbocycles. The second kappa shape index (κ2) is 6.26. The SMILES string of the molecule is CC(C)(C)c1nc(NN)cc(NCCC(=O)NC2CC2)n1. The number of carbonyl (C=O) groups is 1. The topological polar surface area (TPSA) is 105 Å². The molecule has 7 heteroatoms. The molecule has 1 fully saturated rings. The Balaban J connectivity index is 1.93. The largest absolute Gasteiger partial charge is 0.369 e. The van der Waals surface area contributed by atoms with E-state index < -0.39 is 0 Å². The Morgan fingerprint density at radius 3 is 2.57 bits per heavy atom. The number of hydrazine groups is 1. The standard InChI is InChI=1S/C14H24N6O/c1-14(2,3)13-18-10(8-11(19-13)20-15)16-7-6-12(21)17-9-4-5-9/h8-9H,4-7,15H2,1-3H3,(H,17,21)(H2,16,18,19,20). The van der Waals surface area contributed by atoms with Gasteiger partial charge in [0.1, 0.15) is 17.5 Å². The molecule has 21 heavy (non-hydrogen) atoms. The highest BCUT2D eigenvalue weighted by atomic mass is 16.1. The zero-order valence-electron chi connectivity index (χ0n) is 12.9. The average molecular weight is 292 g/mol. The quantitative estimate of drug-likeness (QED) is 0.463. The van der Waals surface area contributed by atoms with E-state index >= 15 is 0 Å². The van der Waals surface area contributed by atoms with Gasteiger partial charge in [0, 0.05) is 30.5 Å². The predicted octanol–water partition coefficient (Wildman–Crippen LogP) is 1.14. The lowest BCUT2D eigenvalue weighted by atomic mass is 9.96. The van der Waals surface area contributed by atoms with Crippen molar-refractivity contribution in [1.29, 1.82) is 0 Å². The molecule has 0 saturated heterocycles. The van der Waals surface area contributed by atoms with Crippen LogP contribution in [0.5, 0.6) is 0 Å². The molecular formula is C14H24N6O. The summed E-state index contributed by atoms with van der Waals surface area (Å²) in [4.78, 5) is 20.4. The van der Waals surface area contributed by atoms with Gasteiger partial charge in [0.05, 0.1) is 0 Å². The smallest absolute Gasteiger partial charge is 0.221 e. The second-order valence-electron chi connectivity index (χ2n) is 6.37. The Bertz CT molecular complexity index is 507. The van der Waals surface area contributed by atoms with Crippen LogP contribution in [0.15, 0.2) is 6.07 Å². The van der Waals surface area contributed by atoms with Gasteiger partial charge in [-0.3, -0.25) is 4.79 Å². The monoisotopic (exact) mass is 292 g/mol. The van der Waals surface area contributed by atoms with Gasteiger partial charge in [0.2, 0.25) is 5.91 Å². The summed E-state index contributed by atoms with van der Waals surface area (Å²) in [5.74, 6) is 7.43. The van der Waals surface area contributed by atoms with Crippen LogP contribution in [-0.4, -0.2) is 28.5 Å². The third-order valence-corrected chi connectivity index (χ3v) is 3.15. The molecule has 1 amide bonds. The number of hydrogen-bond acceptors (Lipinski definition) is 6. The molecule has 1 saturated carbocycles. The summed E-state index contributed by atoms with van der Waals surface area (Å²) in [5, 5.41) is 6.10. The molecule has 2 rings (SSSR count). The minimum Gasteiger partial charge on any atom is -0.369 e. The summed E-state index contributed by atoms with van der Waals surface area (Å²) in [6.45, 7) is 6.64. The number of anilines is 2. The Morgan fingerprint density at radius 2 is 2.00 bits per heavy atom. The summed E-state index contributed by atoms with van der Waals surface area (Å²) in [5.41, 5.74) is 2.37. The lowest BCUT2D eigenvalue weighted by Crippen LogP contribution is -2.27. The molecule has 1 aromatic rings. The second-order valence-corrected chi connectivity index (χ2v) is 6.37. The summed E-state index contributed by atoms with van der Waals surface area (Å²) in [6.07, 6.45) is 2.63. The molecule has 1 heterocycles. The number of hydrogen-bond donors (Lipinski definition) is 4.